The van der Waals surface area contributed by atoms with Crippen LogP contribution in [0.1, 0.15) is 52.1 Å². The average molecular weight is 348 g/mol. The summed E-state index contributed by atoms with van der Waals surface area (Å²) < 4.78 is 6.16. The highest BCUT2D eigenvalue weighted by atomic mass is 16.5. The van der Waals surface area contributed by atoms with Crippen molar-refractivity contribution in [2.24, 2.45) is 11.8 Å². The molecule has 2 aliphatic carbocycles. The second-order valence-electron chi connectivity index (χ2n) is 7.08. The first-order chi connectivity index (χ1) is 12.6. The molecule has 1 saturated carbocycles. The third-order valence-electron chi connectivity index (χ3n) is 5.46. The van der Waals surface area contributed by atoms with Crippen molar-refractivity contribution in [2.75, 3.05) is 0 Å². The minimum absolute atomic E-state index is 0.0166. The molecular weight excluding hydrogens is 328 g/mol. The molecule has 0 amide bonds. The summed E-state index contributed by atoms with van der Waals surface area (Å²) in [5.41, 5.74) is 1.87. The largest absolute Gasteiger partial charge is 0.369 e. The molecule has 26 heavy (non-hydrogen) atoms. The molecule has 0 unspecified atom stereocenters. The third-order valence-corrected chi connectivity index (χ3v) is 5.46. The Balaban J connectivity index is 1.67. The summed E-state index contributed by atoms with van der Waals surface area (Å²) in [5, 5.41) is 0. The lowest BCUT2D eigenvalue weighted by Crippen LogP contribution is -2.49. The van der Waals surface area contributed by atoms with Gasteiger partial charge in [0.25, 0.3) is 0 Å². The first-order valence-corrected chi connectivity index (χ1v) is 8.96. The van der Waals surface area contributed by atoms with E-state index in [1.807, 2.05) is 37.3 Å². The number of benzene rings is 2. The quantitative estimate of drug-likeness (QED) is 0.846. The maximum Gasteiger partial charge on any atom is 0.170 e. The molecule has 4 heteroatoms. The van der Waals surface area contributed by atoms with Crippen LogP contribution in [-0.4, -0.2) is 23.5 Å². The van der Waals surface area contributed by atoms with Gasteiger partial charge in [0.15, 0.2) is 11.6 Å². The Bertz CT molecular complexity index is 871. The number of hydrogen-bond donors (Lipinski definition) is 0. The first kappa shape index (κ1) is 16.9. The molecule has 2 aromatic carbocycles. The molecule has 2 aliphatic rings. The molecule has 4 nitrogen and oxygen atoms in total. The lowest BCUT2D eigenvalue weighted by Gasteiger charge is -2.39. The van der Waals surface area contributed by atoms with E-state index in [-0.39, 0.29) is 36.3 Å². The molecule has 4 rings (SSSR count). The Hall–Kier alpha value is -2.59. The van der Waals surface area contributed by atoms with Crippen molar-refractivity contribution in [3.8, 4) is 0 Å². The lowest BCUT2D eigenvalue weighted by atomic mass is 9.65. The Morgan fingerprint density at radius 1 is 0.846 bits per heavy atom. The topological polar surface area (TPSA) is 60.4 Å². The van der Waals surface area contributed by atoms with Crippen molar-refractivity contribution >= 4 is 17.3 Å². The molecule has 2 aromatic rings. The monoisotopic (exact) mass is 348 g/mol. The smallest absolute Gasteiger partial charge is 0.170 e. The summed E-state index contributed by atoms with van der Waals surface area (Å²) in [6, 6.07) is 16.6. The second-order valence-corrected chi connectivity index (χ2v) is 7.08. The summed E-state index contributed by atoms with van der Waals surface area (Å²) in [6.07, 6.45) is -0.517. The van der Waals surface area contributed by atoms with Crippen LogP contribution in [0.4, 0.5) is 0 Å². The van der Waals surface area contributed by atoms with Gasteiger partial charge in [0.2, 0.25) is 0 Å². The van der Waals surface area contributed by atoms with E-state index in [9.17, 15) is 14.4 Å². The van der Waals surface area contributed by atoms with Gasteiger partial charge in [0.1, 0.15) is 5.78 Å². The predicted octanol–water partition coefficient (Wildman–Crippen LogP) is 3.81. The zero-order valence-electron chi connectivity index (χ0n) is 14.6. The first-order valence-electron chi connectivity index (χ1n) is 8.96. The summed E-state index contributed by atoms with van der Waals surface area (Å²) in [7, 11) is 0. The fourth-order valence-electron chi connectivity index (χ4n) is 4.16. The van der Waals surface area contributed by atoms with Gasteiger partial charge in [-0.3, -0.25) is 14.4 Å². The minimum atomic E-state index is -0.605. The van der Waals surface area contributed by atoms with Crippen LogP contribution in [0.3, 0.4) is 0 Å². The standard InChI is InChI=1S/C22H20O4/c1-13(14-7-3-2-4-8-14)26-19-12-15(23)11-18-20(19)22(25)17-10-6-5-9-16(17)21(18)24/h2-10,13,18-20H,11-12H2,1H3/t13-,18+,19+,20+/m0/s1. The van der Waals surface area contributed by atoms with Crippen molar-refractivity contribution in [1.82, 2.24) is 0 Å². The molecule has 0 bridgehead atoms. The van der Waals surface area contributed by atoms with E-state index in [2.05, 4.69) is 0 Å². The second kappa shape index (κ2) is 6.61. The van der Waals surface area contributed by atoms with Gasteiger partial charge in [-0.2, -0.15) is 0 Å². The van der Waals surface area contributed by atoms with Crippen LogP contribution in [0.15, 0.2) is 54.6 Å². The molecule has 0 aromatic heterocycles. The maximum absolute atomic E-state index is 13.1. The number of carbonyl (C=O) groups is 3. The van der Waals surface area contributed by atoms with Crippen molar-refractivity contribution in [3.05, 3.63) is 71.3 Å². The fourth-order valence-corrected chi connectivity index (χ4v) is 4.16. The van der Waals surface area contributed by atoms with E-state index >= 15 is 0 Å². The Labute approximate surface area is 152 Å². The summed E-state index contributed by atoms with van der Waals surface area (Å²) in [5.74, 6) is -1.40. The maximum atomic E-state index is 13.1. The molecule has 0 N–H and O–H groups in total. The van der Waals surface area contributed by atoms with Crippen LogP contribution in [0.25, 0.3) is 0 Å². The molecule has 0 spiro atoms. The molecule has 0 aliphatic heterocycles. The van der Waals surface area contributed by atoms with E-state index in [1.54, 1.807) is 24.3 Å². The molecule has 0 radical (unpaired) electrons. The predicted molar refractivity (Wildman–Crippen MR) is 96.1 cm³/mol. The van der Waals surface area contributed by atoms with E-state index < -0.39 is 17.9 Å². The fraction of sp³-hybridized carbons (Fsp3) is 0.318. The van der Waals surface area contributed by atoms with Gasteiger partial charge in [-0.25, -0.2) is 0 Å². The van der Waals surface area contributed by atoms with Crippen LogP contribution < -0.4 is 0 Å². The van der Waals surface area contributed by atoms with Crippen LogP contribution in [0.2, 0.25) is 0 Å². The van der Waals surface area contributed by atoms with Crippen LogP contribution >= 0.6 is 0 Å². The van der Waals surface area contributed by atoms with Crippen molar-refractivity contribution < 1.29 is 19.1 Å². The Morgan fingerprint density at radius 3 is 2.15 bits per heavy atom. The number of rotatable bonds is 3. The van der Waals surface area contributed by atoms with E-state index in [1.165, 1.54) is 0 Å². The number of hydrogen-bond acceptors (Lipinski definition) is 4. The van der Waals surface area contributed by atoms with Crippen LogP contribution in [0.5, 0.6) is 0 Å². The van der Waals surface area contributed by atoms with Gasteiger partial charge in [-0.05, 0) is 12.5 Å². The summed E-state index contributed by atoms with van der Waals surface area (Å²) in [6.45, 7) is 1.91. The van der Waals surface area contributed by atoms with Gasteiger partial charge in [0.05, 0.1) is 18.1 Å². The van der Waals surface area contributed by atoms with Gasteiger partial charge in [-0.15, -0.1) is 0 Å². The van der Waals surface area contributed by atoms with Crippen molar-refractivity contribution in [2.45, 2.75) is 32.0 Å². The van der Waals surface area contributed by atoms with Crippen molar-refractivity contribution in [3.63, 3.8) is 0 Å². The number of carbonyl (C=O) groups excluding carboxylic acids is 3. The summed E-state index contributed by atoms with van der Waals surface area (Å²) in [4.78, 5) is 38.2. The highest BCUT2D eigenvalue weighted by Crippen LogP contribution is 2.41. The van der Waals surface area contributed by atoms with Crippen LogP contribution in [0, 0.1) is 11.8 Å². The van der Waals surface area contributed by atoms with E-state index in [4.69, 9.17) is 4.74 Å². The molecule has 4 atom stereocenters. The van der Waals surface area contributed by atoms with E-state index in [0.29, 0.717) is 11.1 Å². The Kier molecular flexibility index (Phi) is 4.29. The zero-order chi connectivity index (χ0) is 18.3. The number of fused-ring (bicyclic) bond motifs is 2. The highest BCUT2D eigenvalue weighted by molar-refractivity contribution is 6.17. The summed E-state index contributed by atoms with van der Waals surface area (Å²) >= 11 is 0. The van der Waals surface area contributed by atoms with E-state index in [0.717, 1.165) is 5.56 Å². The molecule has 0 saturated heterocycles. The van der Waals surface area contributed by atoms with Gasteiger partial charge >= 0.3 is 0 Å². The average Bonchev–Trinajstić information content (AvgIpc) is 2.66. The van der Waals surface area contributed by atoms with Gasteiger partial charge in [0, 0.05) is 29.9 Å². The van der Waals surface area contributed by atoms with Crippen molar-refractivity contribution in [1.29, 1.82) is 0 Å². The molecule has 0 heterocycles. The third kappa shape index (κ3) is 2.80. The SMILES string of the molecule is C[C@H](O[C@@H]1CC(=O)C[C@H]2C(=O)c3ccccc3C(=O)[C@@H]12)c1ccccc1. The zero-order valence-corrected chi connectivity index (χ0v) is 14.6. The number of ether oxygens (including phenoxy) is 1. The lowest BCUT2D eigenvalue weighted by molar-refractivity contribution is -0.131. The van der Waals surface area contributed by atoms with Gasteiger partial charge in [-0.1, -0.05) is 54.6 Å². The molecular formula is C22H20O4. The Morgan fingerprint density at radius 2 is 1.46 bits per heavy atom. The number of Topliss-reactive ketones (excluding diaryl/α,β-unsaturated/α-hetero) is 3. The van der Waals surface area contributed by atoms with Gasteiger partial charge < -0.3 is 4.74 Å². The van der Waals surface area contributed by atoms with Crippen LogP contribution in [-0.2, 0) is 9.53 Å². The highest BCUT2D eigenvalue weighted by Gasteiger charge is 2.50. The number of ketones is 3. The minimum Gasteiger partial charge on any atom is -0.369 e. The molecule has 1 fully saturated rings. The molecule has 132 valence electrons. The normalized spacial score (nSPS) is 26.2.